The van der Waals surface area contributed by atoms with Crippen LogP contribution < -0.4 is 10.6 Å². The number of hydrogen-bond donors (Lipinski definition) is 3. The quantitative estimate of drug-likeness (QED) is 0.329. The van der Waals surface area contributed by atoms with Crippen molar-refractivity contribution in [3.05, 3.63) is 58.6 Å². The maximum absolute atomic E-state index is 13.9. The summed E-state index contributed by atoms with van der Waals surface area (Å²) in [6.45, 7) is 12.7. The molecule has 2 aromatic carbocycles. The molecule has 2 unspecified atom stereocenters. The van der Waals surface area contributed by atoms with E-state index in [-0.39, 0.29) is 18.3 Å². The Kier molecular flexibility index (Phi) is 11.0. The number of carbonyl (C=O) groups excluding carboxylic acids is 3. The van der Waals surface area contributed by atoms with Gasteiger partial charge in [-0.25, -0.2) is 4.79 Å². The molecule has 0 saturated heterocycles. The molecule has 0 radical (unpaired) electrons. The third-order valence-corrected chi connectivity index (χ3v) is 6.23. The van der Waals surface area contributed by atoms with Gasteiger partial charge in [0.15, 0.2) is 0 Å². The van der Waals surface area contributed by atoms with Gasteiger partial charge in [0.1, 0.15) is 23.9 Å². The number of phenols is 1. The molecule has 208 valence electrons. The summed E-state index contributed by atoms with van der Waals surface area (Å²) in [5.41, 5.74) is 1.01. The number of anilines is 1. The number of aromatic hydroxyl groups is 1. The number of hydrogen-bond acceptors (Lipinski definition) is 5. The van der Waals surface area contributed by atoms with Crippen LogP contribution in [0.2, 0.25) is 5.02 Å². The molecule has 9 heteroatoms. The molecule has 0 fully saturated rings. The zero-order valence-electron chi connectivity index (χ0n) is 23.3. The van der Waals surface area contributed by atoms with Crippen molar-refractivity contribution in [3.63, 3.8) is 0 Å². The third kappa shape index (κ3) is 9.24. The molecule has 0 heterocycles. The first kappa shape index (κ1) is 31.0. The SMILES string of the molecule is Cc1cccc(Cl)c1NC(=O)C(c1ccc(O)cc1)N(C(=O)CNC(=O)OC(C)(C)C)C(C)CCC(C)C. The minimum atomic E-state index is -1.05. The van der Waals surface area contributed by atoms with E-state index < -0.39 is 29.6 Å². The lowest BCUT2D eigenvalue weighted by molar-refractivity contribution is -0.140. The molecule has 0 bridgehead atoms. The summed E-state index contributed by atoms with van der Waals surface area (Å²) < 4.78 is 5.28. The Labute approximate surface area is 230 Å². The number of rotatable bonds is 10. The van der Waals surface area contributed by atoms with Gasteiger partial charge in [0.25, 0.3) is 5.91 Å². The van der Waals surface area contributed by atoms with Crippen LogP contribution in [0.25, 0.3) is 0 Å². The maximum atomic E-state index is 13.9. The molecule has 2 aromatic rings. The van der Waals surface area contributed by atoms with Gasteiger partial charge in [-0.2, -0.15) is 0 Å². The van der Waals surface area contributed by atoms with Crippen molar-refractivity contribution >= 4 is 35.2 Å². The predicted molar refractivity (Wildman–Crippen MR) is 150 cm³/mol. The van der Waals surface area contributed by atoms with E-state index in [1.807, 2.05) is 19.9 Å². The van der Waals surface area contributed by atoms with E-state index >= 15 is 0 Å². The first-order valence-corrected chi connectivity index (χ1v) is 13.2. The van der Waals surface area contributed by atoms with Crippen molar-refractivity contribution in [2.45, 2.75) is 79.0 Å². The Balaban J connectivity index is 2.48. The molecule has 3 amide bonds. The Bertz CT molecular complexity index is 1090. The van der Waals surface area contributed by atoms with Crippen LogP contribution in [0.1, 0.15) is 71.6 Å². The van der Waals surface area contributed by atoms with Crippen LogP contribution in [0, 0.1) is 12.8 Å². The molecule has 2 rings (SSSR count). The van der Waals surface area contributed by atoms with E-state index in [0.717, 1.165) is 12.0 Å². The molecule has 0 aliphatic rings. The van der Waals surface area contributed by atoms with Crippen molar-refractivity contribution in [2.24, 2.45) is 5.92 Å². The maximum Gasteiger partial charge on any atom is 0.408 e. The van der Waals surface area contributed by atoms with Crippen molar-refractivity contribution in [1.29, 1.82) is 0 Å². The number of amides is 3. The molecule has 0 aromatic heterocycles. The number of halogens is 1. The fourth-order valence-electron chi connectivity index (χ4n) is 3.99. The summed E-state index contributed by atoms with van der Waals surface area (Å²) in [6.07, 6.45) is 0.749. The van der Waals surface area contributed by atoms with Gasteiger partial charge in [0.05, 0.1) is 10.7 Å². The van der Waals surface area contributed by atoms with Gasteiger partial charge in [-0.1, -0.05) is 49.7 Å². The Morgan fingerprint density at radius 3 is 2.21 bits per heavy atom. The lowest BCUT2D eigenvalue weighted by Crippen LogP contribution is -2.50. The fourth-order valence-corrected chi connectivity index (χ4v) is 4.26. The first-order valence-electron chi connectivity index (χ1n) is 12.8. The van der Waals surface area contributed by atoms with Gasteiger partial charge in [-0.05, 0) is 82.7 Å². The molecule has 38 heavy (non-hydrogen) atoms. The number of carbonyl (C=O) groups is 3. The number of ether oxygens (including phenoxy) is 1. The molecule has 0 saturated carbocycles. The number of nitrogens with one attached hydrogen (secondary N) is 2. The van der Waals surface area contributed by atoms with Gasteiger partial charge >= 0.3 is 6.09 Å². The second-order valence-electron chi connectivity index (χ2n) is 10.9. The van der Waals surface area contributed by atoms with Crippen LogP contribution in [-0.4, -0.2) is 46.1 Å². The second kappa shape index (κ2) is 13.5. The lowest BCUT2D eigenvalue weighted by atomic mass is 9.98. The Morgan fingerprint density at radius 1 is 1.03 bits per heavy atom. The van der Waals surface area contributed by atoms with Gasteiger partial charge in [0, 0.05) is 6.04 Å². The Morgan fingerprint density at radius 2 is 1.66 bits per heavy atom. The molecular formula is C29H40ClN3O5. The second-order valence-corrected chi connectivity index (χ2v) is 11.3. The summed E-state index contributed by atoms with van der Waals surface area (Å²) in [4.78, 5) is 41.3. The highest BCUT2D eigenvalue weighted by Gasteiger charge is 2.35. The highest BCUT2D eigenvalue weighted by molar-refractivity contribution is 6.34. The average Bonchev–Trinajstić information content (AvgIpc) is 2.81. The molecule has 0 aliphatic carbocycles. The molecule has 3 N–H and O–H groups in total. The molecular weight excluding hydrogens is 506 g/mol. The summed E-state index contributed by atoms with van der Waals surface area (Å²) >= 11 is 6.38. The van der Waals surface area contributed by atoms with Crippen LogP contribution in [0.4, 0.5) is 10.5 Å². The lowest BCUT2D eigenvalue weighted by Gasteiger charge is -2.37. The van der Waals surface area contributed by atoms with Crippen molar-refractivity contribution in [2.75, 3.05) is 11.9 Å². The smallest absolute Gasteiger partial charge is 0.408 e. The van der Waals surface area contributed by atoms with Crippen LogP contribution in [0.3, 0.4) is 0 Å². The summed E-state index contributed by atoms with van der Waals surface area (Å²) in [5.74, 6) is -0.488. The number of para-hydroxylation sites is 1. The molecule has 0 aliphatic heterocycles. The van der Waals surface area contributed by atoms with Crippen molar-refractivity contribution in [3.8, 4) is 5.75 Å². The first-order chi connectivity index (χ1) is 17.7. The van der Waals surface area contributed by atoms with Crippen LogP contribution in [0.5, 0.6) is 5.75 Å². The number of alkyl carbamates (subject to hydrolysis) is 1. The number of benzene rings is 2. The standard InChI is InChI=1S/C29H40ClN3O5/c1-18(2)11-12-20(4)33(24(35)17-31-28(37)38-29(5,6)7)26(21-13-15-22(34)16-14-21)27(36)32-25-19(3)9-8-10-23(25)30/h8-10,13-16,18,20,26,34H,11-12,17H2,1-7H3,(H,31,37)(H,32,36). The van der Waals surface area contributed by atoms with Crippen LogP contribution in [-0.2, 0) is 14.3 Å². The van der Waals surface area contributed by atoms with Crippen molar-refractivity contribution < 1.29 is 24.2 Å². The minimum Gasteiger partial charge on any atom is -0.508 e. The topological polar surface area (TPSA) is 108 Å². The fraction of sp³-hybridized carbons (Fsp3) is 0.483. The zero-order valence-corrected chi connectivity index (χ0v) is 24.1. The minimum absolute atomic E-state index is 0.0344. The van der Waals surface area contributed by atoms with Gasteiger partial charge < -0.3 is 25.4 Å². The Hall–Kier alpha value is -3.26. The average molecular weight is 546 g/mol. The van der Waals surface area contributed by atoms with E-state index in [1.54, 1.807) is 45.0 Å². The van der Waals surface area contributed by atoms with Gasteiger partial charge in [-0.3, -0.25) is 9.59 Å². The number of aryl methyl sites for hydroxylation is 1. The van der Waals surface area contributed by atoms with Crippen LogP contribution in [0.15, 0.2) is 42.5 Å². The molecule has 8 nitrogen and oxygen atoms in total. The largest absolute Gasteiger partial charge is 0.508 e. The number of nitrogens with zero attached hydrogens (tertiary/aromatic N) is 1. The number of phenolic OH excluding ortho intramolecular Hbond substituents is 1. The van der Waals surface area contributed by atoms with E-state index in [4.69, 9.17) is 16.3 Å². The molecule has 2 atom stereocenters. The third-order valence-electron chi connectivity index (χ3n) is 5.91. The highest BCUT2D eigenvalue weighted by Crippen LogP contribution is 2.31. The van der Waals surface area contributed by atoms with E-state index in [0.29, 0.717) is 28.6 Å². The highest BCUT2D eigenvalue weighted by atomic mass is 35.5. The van der Waals surface area contributed by atoms with Gasteiger partial charge in [-0.15, -0.1) is 0 Å². The zero-order chi connectivity index (χ0) is 28.6. The van der Waals surface area contributed by atoms with E-state index in [1.165, 1.54) is 17.0 Å². The molecule has 0 spiro atoms. The van der Waals surface area contributed by atoms with Gasteiger partial charge in [0.2, 0.25) is 5.91 Å². The normalized spacial score (nSPS) is 13.0. The van der Waals surface area contributed by atoms with E-state index in [9.17, 15) is 19.5 Å². The predicted octanol–water partition coefficient (Wildman–Crippen LogP) is 6.21. The van der Waals surface area contributed by atoms with Crippen molar-refractivity contribution in [1.82, 2.24) is 10.2 Å². The summed E-state index contributed by atoms with van der Waals surface area (Å²) in [6, 6.07) is 10.0. The summed E-state index contributed by atoms with van der Waals surface area (Å²) in [5, 5.41) is 15.7. The summed E-state index contributed by atoms with van der Waals surface area (Å²) in [7, 11) is 0. The monoisotopic (exact) mass is 545 g/mol. The van der Waals surface area contributed by atoms with Crippen LogP contribution >= 0.6 is 11.6 Å². The van der Waals surface area contributed by atoms with E-state index in [2.05, 4.69) is 24.5 Å².